The van der Waals surface area contributed by atoms with Gasteiger partial charge in [0.1, 0.15) is 29.4 Å². The van der Waals surface area contributed by atoms with E-state index in [1.807, 2.05) is 47.1 Å². The number of benzene rings is 1. The summed E-state index contributed by atoms with van der Waals surface area (Å²) in [6, 6.07) is 12.0. The number of hydrogen-bond donors (Lipinski definition) is 2. The van der Waals surface area contributed by atoms with Crippen molar-refractivity contribution in [3.63, 3.8) is 0 Å². The summed E-state index contributed by atoms with van der Waals surface area (Å²) in [5.41, 5.74) is 7.99. The Kier molecular flexibility index (Phi) is 3.70. The highest BCUT2D eigenvalue weighted by molar-refractivity contribution is 5.99. The third-order valence-electron chi connectivity index (χ3n) is 6.44. The Bertz CT molecular complexity index is 1240. The lowest BCUT2D eigenvalue weighted by atomic mass is 9.62. The van der Waals surface area contributed by atoms with Crippen molar-refractivity contribution in [1.29, 1.82) is 0 Å². The van der Waals surface area contributed by atoms with E-state index in [-0.39, 0.29) is 11.0 Å². The number of imidazole rings is 1. The van der Waals surface area contributed by atoms with Gasteiger partial charge in [-0.3, -0.25) is 0 Å². The molecule has 3 aromatic heterocycles. The predicted molar refractivity (Wildman–Crippen MR) is 116 cm³/mol. The standard InChI is InChI=1S/C23H23N5O2/c24-21-18-2-1-3-19(17(18)4-6-26-21)27-13-22-11-23(12-22,30-14-22)15-29-16-5-8-28-9-7-25-20(28)10-16/h1-10,27H,11-15H2,(H2,24,26). The average Bonchev–Trinajstić information content (AvgIpc) is 3.44. The Morgan fingerprint density at radius 2 is 2.03 bits per heavy atom. The smallest absolute Gasteiger partial charge is 0.140 e. The lowest BCUT2D eigenvalue weighted by molar-refractivity contribution is -0.0482. The first kappa shape index (κ1) is 17.5. The van der Waals surface area contributed by atoms with Crippen LogP contribution in [0.5, 0.6) is 5.75 Å². The molecule has 2 aliphatic heterocycles. The van der Waals surface area contributed by atoms with E-state index >= 15 is 0 Å². The first-order chi connectivity index (χ1) is 14.6. The minimum atomic E-state index is -0.170. The summed E-state index contributed by atoms with van der Waals surface area (Å²) in [6.07, 6.45) is 9.44. The molecule has 5 heterocycles. The maximum Gasteiger partial charge on any atom is 0.140 e. The fraction of sp³-hybridized carbons (Fsp3) is 0.304. The third kappa shape index (κ3) is 2.77. The van der Waals surface area contributed by atoms with E-state index in [4.69, 9.17) is 15.2 Å². The summed E-state index contributed by atoms with van der Waals surface area (Å²) in [4.78, 5) is 8.50. The van der Waals surface area contributed by atoms with Gasteiger partial charge in [0.2, 0.25) is 0 Å². The molecular weight excluding hydrogens is 378 g/mol. The molecule has 7 heteroatoms. The topological polar surface area (TPSA) is 86.7 Å². The Morgan fingerprint density at radius 3 is 2.97 bits per heavy atom. The van der Waals surface area contributed by atoms with Gasteiger partial charge < -0.3 is 24.9 Å². The summed E-state index contributed by atoms with van der Waals surface area (Å²) < 4.78 is 14.2. The molecule has 30 heavy (non-hydrogen) atoms. The number of nitrogens with two attached hydrogens (primary N) is 1. The van der Waals surface area contributed by atoms with Crippen LogP contribution < -0.4 is 15.8 Å². The third-order valence-corrected chi connectivity index (χ3v) is 6.44. The monoisotopic (exact) mass is 401 g/mol. The van der Waals surface area contributed by atoms with Crippen LogP contribution in [0.15, 0.2) is 61.2 Å². The van der Waals surface area contributed by atoms with Crippen LogP contribution in [0.1, 0.15) is 12.8 Å². The molecular formula is C23H23N5O2. The number of ether oxygens (including phenoxy) is 2. The average molecular weight is 401 g/mol. The quantitative estimate of drug-likeness (QED) is 0.514. The second-order valence-electron chi connectivity index (χ2n) is 8.62. The molecule has 3 fully saturated rings. The zero-order valence-corrected chi connectivity index (χ0v) is 16.5. The van der Waals surface area contributed by atoms with Gasteiger partial charge in [0.15, 0.2) is 0 Å². The molecule has 7 nitrogen and oxygen atoms in total. The summed E-state index contributed by atoms with van der Waals surface area (Å²) in [5.74, 6) is 1.39. The Hall–Kier alpha value is -3.32. The first-order valence-electron chi connectivity index (χ1n) is 10.2. The van der Waals surface area contributed by atoms with Gasteiger partial charge >= 0.3 is 0 Å². The Balaban J connectivity index is 1.11. The van der Waals surface area contributed by atoms with Crippen molar-refractivity contribution >= 4 is 27.9 Å². The van der Waals surface area contributed by atoms with Crippen LogP contribution in [-0.2, 0) is 4.74 Å². The molecule has 0 radical (unpaired) electrons. The lowest BCUT2D eigenvalue weighted by Crippen LogP contribution is -2.51. The fourth-order valence-electron chi connectivity index (χ4n) is 5.01. The second kappa shape index (κ2) is 6.34. The van der Waals surface area contributed by atoms with Gasteiger partial charge in [-0.25, -0.2) is 9.97 Å². The van der Waals surface area contributed by atoms with Crippen LogP contribution >= 0.6 is 0 Å². The van der Waals surface area contributed by atoms with E-state index < -0.39 is 0 Å². The number of hydrogen-bond acceptors (Lipinski definition) is 6. The number of nitrogen functional groups attached to an aromatic ring is 1. The van der Waals surface area contributed by atoms with Crippen LogP contribution in [0, 0.1) is 5.41 Å². The molecule has 4 aromatic rings. The van der Waals surface area contributed by atoms with Crippen molar-refractivity contribution in [2.45, 2.75) is 18.4 Å². The molecule has 7 rings (SSSR count). The summed E-state index contributed by atoms with van der Waals surface area (Å²) in [7, 11) is 0. The molecule has 1 saturated carbocycles. The molecule has 0 atom stereocenters. The number of nitrogens with one attached hydrogen (secondary N) is 1. The van der Waals surface area contributed by atoms with Gasteiger partial charge in [-0.15, -0.1) is 0 Å². The number of nitrogens with zero attached hydrogens (tertiary/aromatic N) is 3. The minimum absolute atomic E-state index is 0.164. The second-order valence-corrected chi connectivity index (χ2v) is 8.62. The van der Waals surface area contributed by atoms with Crippen LogP contribution in [0.25, 0.3) is 16.4 Å². The zero-order chi connectivity index (χ0) is 20.2. The number of pyridine rings is 2. The van der Waals surface area contributed by atoms with Crippen LogP contribution in [0.3, 0.4) is 0 Å². The maximum atomic E-state index is 6.19. The van der Waals surface area contributed by atoms with E-state index in [9.17, 15) is 0 Å². The van der Waals surface area contributed by atoms with Crippen LogP contribution in [0.4, 0.5) is 11.5 Å². The van der Waals surface area contributed by atoms with Gasteiger partial charge in [0.25, 0.3) is 0 Å². The van der Waals surface area contributed by atoms with Crippen molar-refractivity contribution in [3.8, 4) is 5.75 Å². The summed E-state index contributed by atoms with van der Waals surface area (Å²) >= 11 is 0. The summed E-state index contributed by atoms with van der Waals surface area (Å²) in [5, 5.41) is 5.71. The van der Waals surface area contributed by atoms with Crippen LogP contribution in [0.2, 0.25) is 0 Å². The van der Waals surface area contributed by atoms with Gasteiger partial charge in [0.05, 0.1) is 6.61 Å². The predicted octanol–water partition coefficient (Wildman–Crippen LogP) is 3.50. The van der Waals surface area contributed by atoms with Crippen molar-refractivity contribution in [2.75, 3.05) is 30.8 Å². The van der Waals surface area contributed by atoms with E-state index in [0.717, 1.165) is 53.8 Å². The molecule has 3 aliphatic rings. The number of fused-ring (bicyclic) bond motifs is 3. The van der Waals surface area contributed by atoms with E-state index in [0.29, 0.717) is 12.4 Å². The molecule has 3 N–H and O–H groups in total. The highest BCUT2D eigenvalue weighted by atomic mass is 16.6. The van der Waals surface area contributed by atoms with Gasteiger partial charge in [-0.1, -0.05) is 12.1 Å². The molecule has 0 spiro atoms. The largest absolute Gasteiger partial charge is 0.490 e. The Morgan fingerprint density at radius 1 is 1.10 bits per heavy atom. The molecule has 1 aliphatic carbocycles. The van der Waals surface area contributed by atoms with Gasteiger partial charge in [0, 0.05) is 59.3 Å². The van der Waals surface area contributed by atoms with E-state index in [1.54, 1.807) is 12.4 Å². The molecule has 0 amide bonds. The zero-order valence-electron chi connectivity index (χ0n) is 16.5. The van der Waals surface area contributed by atoms with E-state index in [2.05, 4.69) is 21.4 Å². The first-order valence-corrected chi connectivity index (χ1v) is 10.2. The summed E-state index contributed by atoms with van der Waals surface area (Å²) in [6.45, 7) is 2.20. The van der Waals surface area contributed by atoms with Crippen molar-refractivity contribution in [2.24, 2.45) is 5.41 Å². The van der Waals surface area contributed by atoms with Gasteiger partial charge in [-0.05, 0) is 31.0 Å². The van der Waals surface area contributed by atoms with Crippen molar-refractivity contribution in [3.05, 3.63) is 61.2 Å². The number of aromatic nitrogens is 3. The number of anilines is 2. The van der Waals surface area contributed by atoms with E-state index in [1.165, 1.54) is 0 Å². The molecule has 2 bridgehead atoms. The highest BCUT2D eigenvalue weighted by Gasteiger charge is 2.62. The minimum Gasteiger partial charge on any atom is -0.490 e. The molecule has 0 unspecified atom stereocenters. The van der Waals surface area contributed by atoms with Gasteiger partial charge in [-0.2, -0.15) is 0 Å². The Labute approximate surface area is 173 Å². The molecule has 152 valence electrons. The number of rotatable bonds is 6. The maximum absolute atomic E-state index is 6.19. The lowest BCUT2D eigenvalue weighted by Gasteiger charge is -2.44. The molecule has 2 saturated heterocycles. The highest BCUT2D eigenvalue weighted by Crippen LogP contribution is 2.57. The van der Waals surface area contributed by atoms with Crippen molar-refractivity contribution < 1.29 is 9.47 Å². The SMILES string of the molecule is Nc1nccc2c(NCC34COC(COc5ccn6ccnc6c5)(C3)C4)cccc12. The van der Waals surface area contributed by atoms with Crippen molar-refractivity contribution in [1.82, 2.24) is 14.4 Å². The normalized spacial score (nSPS) is 24.8. The fourth-order valence-corrected chi connectivity index (χ4v) is 5.01. The van der Waals surface area contributed by atoms with Crippen LogP contribution in [-0.4, -0.2) is 39.7 Å². The molecule has 1 aromatic carbocycles.